The van der Waals surface area contributed by atoms with Gasteiger partial charge in [-0.1, -0.05) is 37.3 Å². The lowest BCUT2D eigenvalue weighted by Crippen LogP contribution is -2.54. The van der Waals surface area contributed by atoms with E-state index in [0.717, 1.165) is 12.0 Å². The molecule has 0 radical (unpaired) electrons. The Morgan fingerprint density at radius 3 is 2.68 bits per heavy atom. The number of carbonyl (C=O) groups is 2. The number of nitrogens with one attached hydrogen (secondary N) is 1. The summed E-state index contributed by atoms with van der Waals surface area (Å²) in [6, 6.07) is 9.45. The maximum Gasteiger partial charge on any atom is 0.235 e. The number of carbonyl (C=O) groups excluding carboxylic acids is 2. The predicted molar refractivity (Wildman–Crippen MR) is 75.0 cm³/mol. The normalized spacial score (nSPS) is 27.1. The van der Waals surface area contributed by atoms with Crippen molar-refractivity contribution in [3.8, 4) is 0 Å². The molecule has 0 aliphatic heterocycles. The molecule has 0 spiro atoms. The van der Waals surface area contributed by atoms with Crippen molar-refractivity contribution >= 4 is 23.3 Å². The van der Waals surface area contributed by atoms with Crippen LogP contribution in [-0.2, 0) is 15.1 Å². The van der Waals surface area contributed by atoms with E-state index in [1.54, 1.807) is 0 Å². The van der Waals surface area contributed by atoms with Crippen molar-refractivity contribution in [2.24, 2.45) is 5.92 Å². The molecule has 1 aliphatic carbocycles. The van der Waals surface area contributed by atoms with Crippen LogP contribution in [0.4, 0.5) is 0 Å². The Morgan fingerprint density at radius 1 is 1.42 bits per heavy atom. The van der Waals surface area contributed by atoms with Gasteiger partial charge in [0.2, 0.25) is 5.91 Å². The van der Waals surface area contributed by atoms with Crippen LogP contribution in [0.15, 0.2) is 30.3 Å². The van der Waals surface area contributed by atoms with Crippen LogP contribution in [-0.4, -0.2) is 17.6 Å². The number of amides is 1. The average Bonchev–Trinajstić information content (AvgIpc) is 2.43. The second-order valence-electron chi connectivity index (χ2n) is 5.22. The first kappa shape index (κ1) is 14.1. The Balaban J connectivity index is 2.38. The van der Waals surface area contributed by atoms with Crippen LogP contribution in [0.5, 0.6) is 0 Å². The summed E-state index contributed by atoms with van der Waals surface area (Å²) in [7, 11) is 0. The molecule has 0 bridgehead atoms. The van der Waals surface area contributed by atoms with Gasteiger partial charge >= 0.3 is 0 Å². The SMILES string of the molecule is CC1CCC(NC(=O)CCl)(c2ccccc2)C(=O)C1. The zero-order valence-electron chi connectivity index (χ0n) is 11.0. The fourth-order valence-electron chi connectivity index (χ4n) is 2.70. The van der Waals surface area contributed by atoms with E-state index in [0.29, 0.717) is 18.8 Å². The number of rotatable bonds is 3. The van der Waals surface area contributed by atoms with Gasteiger partial charge in [-0.2, -0.15) is 0 Å². The summed E-state index contributed by atoms with van der Waals surface area (Å²) >= 11 is 5.57. The molecule has 0 saturated heterocycles. The molecule has 1 saturated carbocycles. The minimum absolute atomic E-state index is 0.0796. The summed E-state index contributed by atoms with van der Waals surface area (Å²) in [5.41, 5.74) is -0.0370. The van der Waals surface area contributed by atoms with Crippen molar-refractivity contribution in [3.63, 3.8) is 0 Å². The summed E-state index contributed by atoms with van der Waals surface area (Å²) < 4.78 is 0. The van der Waals surface area contributed by atoms with Crippen LogP contribution in [0.3, 0.4) is 0 Å². The monoisotopic (exact) mass is 279 g/mol. The van der Waals surface area contributed by atoms with Gasteiger partial charge in [-0.3, -0.25) is 9.59 Å². The van der Waals surface area contributed by atoms with E-state index in [-0.39, 0.29) is 17.6 Å². The lowest BCUT2D eigenvalue weighted by atomic mass is 9.72. The minimum Gasteiger partial charge on any atom is -0.339 e. The Morgan fingerprint density at radius 2 is 2.11 bits per heavy atom. The maximum absolute atomic E-state index is 12.5. The molecule has 1 amide bonds. The van der Waals surface area contributed by atoms with Gasteiger partial charge < -0.3 is 5.32 Å². The number of halogens is 1. The molecular formula is C15H18ClNO2. The molecule has 102 valence electrons. The van der Waals surface area contributed by atoms with Crippen molar-refractivity contribution in [1.82, 2.24) is 5.32 Å². The molecule has 1 N–H and O–H groups in total. The van der Waals surface area contributed by atoms with E-state index in [9.17, 15) is 9.59 Å². The van der Waals surface area contributed by atoms with Crippen molar-refractivity contribution in [1.29, 1.82) is 0 Å². The molecule has 2 atom stereocenters. The second kappa shape index (κ2) is 5.74. The van der Waals surface area contributed by atoms with E-state index < -0.39 is 5.54 Å². The zero-order chi connectivity index (χ0) is 13.9. The highest BCUT2D eigenvalue weighted by Crippen LogP contribution is 2.36. The van der Waals surface area contributed by atoms with E-state index in [1.165, 1.54) is 0 Å². The third kappa shape index (κ3) is 2.81. The van der Waals surface area contributed by atoms with Crippen LogP contribution >= 0.6 is 11.6 Å². The van der Waals surface area contributed by atoms with Crippen LogP contribution < -0.4 is 5.32 Å². The van der Waals surface area contributed by atoms with E-state index in [1.807, 2.05) is 30.3 Å². The van der Waals surface area contributed by atoms with Crippen molar-refractivity contribution in [2.45, 2.75) is 31.7 Å². The molecule has 1 aromatic rings. The highest BCUT2D eigenvalue weighted by atomic mass is 35.5. The number of ketones is 1. The summed E-state index contributed by atoms with van der Waals surface area (Å²) in [5, 5.41) is 2.85. The van der Waals surface area contributed by atoms with Gasteiger partial charge in [0.05, 0.1) is 0 Å². The fraction of sp³-hybridized carbons (Fsp3) is 0.467. The maximum atomic E-state index is 12.5. The van der Waals surface area contributed by atoms with Gasteiger partial charge in [-0.15, -0.1) is 11.6 Å². The number of hydrogen-bond acceptors (Lipinski definition) is 2. The van der Waals surface area contributed by atoms with Crippen LogP contribution in [0, 0.1) is 5.92 Å². The molecule has 0 heterocycles. The van der Waals surface area contributed by atoms with E-state index in [2.05, 4.69) is 12.2 Å². The first-order chi connectivity index (χ1) is 9.08. The fourth-order valence-corrected chi connectivity index (χ4v) is 2.77. The molecule has 3 nitrogen and oxygen atoms in total. The highest BCUT2D eigenvalue weighted by molar-refractivity contribution is 6.27. The molecule has 1 fully saturated rings. The second-order valence-corrected chi connectivity index (χ2v) is 5.49. The molecule has 1 aliphatic rings. The lowest BCUT2D eigenvalue weighted by molar-refractivity contribution is -0.134. The predicted octanol–water partition coefficient (Wildman–Crippen LogP) is 2.63. The third-order valence-electron chi connectivity index (χ3n) is 3.76. The van der Waals surface area contributed by atoms with Gasteiger partial charge in [-0.25, -0.2) is 0 Å². The van der Waals surface area contributed by atoms with Crippen molar-refractivity contribution < 1.29 is 9.59 Å². The number of benzene rings is 1. The summed E-state index contributed by atoms with van der Waals surface area (Å²) in [5.74, 6) is 0.0267. The van der Waals surface area contributed by atoms with Crippen LogP contribution in [0.25, 0.3) is 0 Å². The molecule has 1 aromatic carbocycles. The quantitative estimate of drug-likeness (QED) is 0.865. The van der Waals surface area contributed by atoms with Gasteiger partial charge in [-0.05, 0) is 24.3 Å². The largest absolute Gasteiger partial charge is 0.339 e. The van der Waals surface area contributed by atoms with Crippen LogP contribution in [0.2, 0.25) is 0 Å². The molecule has 4 heteroatoms. The van der Waals surface area contributed by atoms with E-state index in [4.69, 9.17) is 11.6 Å². The Bertz CT molecular complexity index is 474. The van der Waals surface area contributed by atoms with Crippen molar-refractivity contribution in [3.05, 3.63) is 35.9 Å². The molecule has 0 aromatic heterocycles. The molecule has 2 rings (SSSR count). The van der Waals surface area contributed by atoms with Gasteiger partial charge in [0, 0.05) is 6.42 Å². The van der Waals surface area contributed by atoms with E-state index >= 15 is 0 Å². The zero-order valence-corrected chi connectivity index (χ0v) is 11.7. The van der Waals surface area contributed by atoms with Crippen LogP contribution in [0.1, 0.15) is 31.7 Å². The average molecular weight is 280 g/mol. The lowest BCUT2D eigenvalue weighted by Gasteiger charge is -2.39. The van der Waals surface area contributed by atoms with Gasteiger partial charge in [0.25, 0.3) is 0 Å². The molecule has 2 unspecified atom stereocenters. The van der Waals surface area contributed by atoms with Gasteiger partial charge in [0.15, 0.2) is 5.78 Å². The first-order valence-electron chi connectivity index (χ1n) is 6.54. The Hall–Kier alpha value is -1.35. The van der Waals surface area contributed by atoms with Crippen molar-refractivity contribution in [2.75, 3.05) is 5.88 Å². The summed E-state index contributed by atoms with van der Waals surface area (Å²) in [6.07, 6.45) is 2.06. The smallest absolute Gasteiger partial charge is 0.235 e. The van der Waals surface area contributed by atoms with Gasteiger partial charge in [0.1, 0.15) is 11.4 Å². The number of alkyl halides is 1. The Labute approximate surface area is 118 Å². The standard InChI is InChI=1S/C15H18ClNO2/c1-11-7-8-15(13(18)9-11,17-14(19)10-16)12-5-3-2-4-6-12/h2-6,11H,7-10H2,1H3,(H,17,19). The minimum atomic E-state index is -0.889. The molecule has 19 heavy (non-hydrogen) atoms. The highest BCUT2D eigenvalue weighted by Gasteiger charge is 2.44. The topological polar surface area (TPSA) is 46.2 Å². The number of hydrogen-bond donors (Lipinski definition) is 1. The Kier molecular flexibility index (Phi) is 4.25. The first-order valence-corrected chi connectivity index (χ1v) is 7.08. The number of Topliss-reactive ketones (excluding diaryl/α,β-unsaturated/α-hetero) is 1. The molecular weight excluding hydrogens is 262 g/mol. The third-order valence-corrected chi connectivity index (χ3v) is 4.01. The summed E-state index contributed by atoms with van der Waals surface area (Å²) in [4.78, 5) is 24.2. The summed E-state index contributed by atoms with van der Waals surface area (Å²) in [6.45, 7) is 2.07.